The van der Waals surface area contributed by atoms with Crippen LogP contribution < -0.4 is 0 Å². The van der Waals surface area contributed by atoms with Crippen LogP contribution in [-0.4, -0.2) is 11.1 Å². The van der Waals surface area contributed by atoms with E-state index in [-0.39, 0.29) is 0 Å². The molecule has 1 N–H and O–H groups in total. The van der Waals surface area contributed by atoms with Gasteiger partial charge < -0.3 is 5.11 Å². The molecule has 0 bridgehead atoms. The van der Waals surface area contributed by atoms with E-state index in [1.165, 1.54) is 0 Å². The van der Waals surface area contributed by atoms with Gasteiger partial charge in [0.1, 0.15) is 0 Å². The van der Waals surface area contributed by atoms with E-state index in [0.717, 1.165) is 11.1 Å². The third-order valence-corrected chi connectivity index (χ3v) is 2.26. The molecule has 68 valence electrons. The summed E-state index contributed by atoms with van der Waals surface area (Å²) in [6.45, 7) is 0. The first-order valence-corrected chi connectivity index (χ1v) is 4.17. The maximum Gasteiger partial charge on any atom is 0.331 e. The fourth-order valence-corrected chi connectivity index (χ4v) is 1.54. The van der Waals surface area contributed by atoms with E-state index in [1.807, 2.05) is 6.07 Å². The summed E-state index contributed by atoms with van der Waals surface area (Å²) in [5.41, 5.74) is 2.77. The van der Waals surface area contributed by atoms with E-state index in [0.29, 0.717) is 17.6 Å². The summed E-state index contributed by atoms with van der Waals surface area (Å²) in [6.07, 6.45) is 2.08. The molecule has 0 spiro atoms. The quantitative estimate of drug-likeness (QED) is 0.722. The number of aliphatic carboxylic acids is 1. The molecule has 3 nitrogen and oxygen atoms in total. The second-order valence-corrected chi connectivity index (χ2v) is 3.18. The van der Waals surface area contributed by atoms with Crippen molar-refractivity contribution in [2.75, 3.05) is 0 Å². The molecule has 0 amide bonds. The average Bonchev–Trinajstić information content (AvgIpc) is 2.59. The van der Waals surface area contributed by atoms with Gasteiger partial charge in [-0.05, 0) is 29.3 Å². The minimum Gasteiger partial charge on any atom is -0.478 e. The van der Waals surface area contributed by atoms with Crippen LogP contribution in [0, 0.1) is 11.3 Å². The van der Waals surface area contributed by atoms with Crippen LogP contribution >= 0.6 is 0 Å². The Labute approximate surface area is 80.9 Å². The summed E-state index contributed by atoms with van der Waals surface area (Å²) in [4.78, 5) is 10.7. The molecule has 0 saturated heterocycles. The fourth-order valence-electron chi connectivity index (χ4n) is 1.54. The number of nitriles is 1. The minimum atomic E-state index is -0.889. The predicted octanol–water partition coefficient (Wildman–Crippen LogP) is 1.58. The monoisotopic (exact) mass is 185 g/mol. The summed E-state index contributed by atoms with van der Waals surface area (Å²) in [7, 11) is 0. The molecule has 1 aliphatic rings. The van der Waals surface area contributed by atoms with E-state index in [2.05, 4.69) is 0 Å². The highest BCUT2D eigenvalue weighted by Crippen LogP contribution is 2.25. The van der Waals surface area contributed by atoms with E-state index >= 15 is 0 Å². The topological polar surface area (TPSA) is 61.1 Å². The zero-order valence-electron chi connectivity index (χ0n) is 7.32. The molecule has 0 aliphatic heterocycles. The van der Waals surface area contributed by atoms with Crippen LogP contribution in [0.25, 0.3) is 6.08 Å². The molecule has 0 atom stereocenters. The summed E-state index contributed by atoms with van der Waals surface area (Å²) < 4.78 is 0. The van der Waals surface area contributed by atoms with Crippen LogP contribution in [0.4, 0.5) is 0 Å². The first-order valence-electron chi connectivity index (χ1n) is 4.17. The molecule has 0 fully saturated rings. The Bertz CT molecular complexity index is 481. The van der Waals surface area contributed by atoms with Gasteiger partial charge in [0.05, 0.1) is 11.6 Å². The lowest BCUT2D eigenvalue weighted by atomic mass is 10.1. The second kappa shape index (κ2) is 3.00. The number of hydrogen-bond donors (Lipinski definition) is 1. The van der Waals surface area contributed by atoms with Gasteiger partial charge in [0, 0.05) is 12.0 Å². The molecule has 0 unspecified atom stereocenters. The Morgan fingerprint density at radius 1 is 1.50 bits per heavy atom. The van der Waals surface area contributed by atoms with Crippen LogP contribution in [0.5, 0.6) is 0 Å². The summed E-state index contributed by atoms with van der Waals surface area (Å²) in [5.74, 6) is -0.889. The maximum atomic E-state index is 10.7. The van der Waals surface area contributed by atoms with E-state index < -0.39 is 5.97 Å². The van der Waals surface area contributed by atoms with Crippen LogP contribution in [0.2, 0.25) is 0 Å². The molecule has 0 aromatic heterocycles. The van der Waals surface area contributed by atoms with E-state index in [9.17, 15) is 4.79 Å². The van der Waals surface area contributed by atoms with E-state index in [4.69, 9.17) is 10.4 Å². The van der Waals surface area contributed by atoms with Crippen molar-refractivity contribution in [2.24, 2.45) is 0 Å². The number of carbonyl (C=O) groups is 1. The van der Waals surface area contributed by atoms with Gasteiger partial charge in [0.15, 0.2) is 0 Å². The highest BCUT2D eigenvalue weighted by Gasteiger charge is 2.17. The number of carboxylic acid groups (broad SMARTS) is 1. The van der Waals surface area contributed by atoms with Crippen LogP contribution in [0.15, 0.2) is 23.8 Å². The van der Waals surface area contributed by atoms with E-state index in [1.54, 1.807) is 24.3 Å². The summed E-state index contributed by atoms with van der Waals surface area (Å²) in [5, 5.41) is 17.4. The van der Waals surface area contributed by atoms with Crippen molar-refractivity contribution in [3.63, 3.8) is 0 Å². The minimum absolute atomic E-state index is 0.384. The van der Waals surface area contributed by atoms with Gasteiger partial charge in [0.25, 0.3) is 0 Å². The number of hydrogen-bond acceptors (Lipinski definition) is 2. The van der Waals surface area contributed by atoms with Gasteiger partial charge in [-0.2, -0.15) is 5.26 Å². The van der Waals surface area contributed by atoms with Crippen LogP contribution in [0.3, 0.4) is 0 Å². The summed E-state index contributed by atoms with van der Waals surface area (Å²) in [6, 6.07) is 7.25. The second-order valence-electron chi connectivity index (χ2n) is 3.18. The third kappa shape index (κ3) is 1.27. The van der Waals surface area contributed by atoms with Gasteiger partial charge >= 0.3 is 5.97 Å². The highest BCUT2D eigenvalue weighted by atomic mass is 16.4. The van der Waals surface area contributed by atoms with Crippen LogP contribution in [-0.2, 0) is 11.2 Å². The van der Waals surface area contributed by atoms with Crippen molar-refractivity contribution in [3.05, 3.63) is 40.5 Å². The SMILES string of the molecule is N#Cc1ccc2c(c1)C=C(C(=O)O)C2. The molecule has 0 saturated carbocycles. The first-order chi connectivity index (χ1) is 6.70. The largest absolute Gasteiger partial charge is 0.478 e. The molecular weight excluding hydrogens is 178 g/mol. The van der Waals surface area contributed by atoms with Crippen molar-refractivity contribution in [3.8, 4) is 6.07 Å². The Kier molecular flexibility index (Phi) is 1.83. The van der Waals surface area contributed by atoms with Crippen molar-refractivity contribution in [2.45, 2.75) is 6.42 Å². The lowest BCUT2D eigenvalue weighted by Crippen LogP contribution is -1.99. The summed E-state index contributed by atoms with van der Waals surface area (Å²) >= 11 is 0. The zero-order valence-corrected chi connectivity index (χ0v) is 7.32. The Morgan fingerprint density at radius 3 is 2.93 bits per heavy atom. The number of fused-ring (bicyclic) bond motifs is 1. The molecular formula is C11H7NO2. The molecule has 1 aromatic carbocycles. The Hall–Kier alpha value is -2.08. The standard InChI is InChI=1S/C11H7NO2/c12-6-7-1-2-8-4-10(11(13)14)5-9(8)3-7/h1-3,5H,4H2,(H,13,14). The molecule has 2 rings (SSSR count). The Balaban J connectivity index is 2.45. The molecule has 0 heterocycles. The predicted molar refractivity (Wildman–Crippen MR) is 50.5 cm³/mol. The van der Waals surface area contributed by atoms with Crippen molar-refractivity contribution < 1.29 is 9.90 Å². The van der Waals surface area contributed by atoms with Crippen molar-refractivity contribution in [1.29, 1.82) is 5.26 Å². The zero-order chi connectivity index (χ0) is 10.1. The first kappa shape index (κ1) is 8.52. The smallest absolute Gasteiger partial charge is 0.331 e. The number of rotatable bonds is 1. The van der Waals surface area contributed by atoms with Crippen molar-refractivity contribution >= 4 is 12.0 Å². The van der Waals surface area contributed by atoms with Gasteiger partial charge in [-0.1, -0.05) is 6.07 Å². The van der Waals surface area contributed by atoms with Gasteiger partial charge in [-0.3, -0.25) is 0 Å². The van der Waals surface area contributed by atoms with Gasteiger partial charge in [-0.25, -0.2) is 4.79 Å². The average molecular weight is 185 g/mol. The fraction of sp³-hybridized carbons (Fsp3) is 0.0909. The lowest BCUT2D eigenvalue weighted by molar-refractivity contribution is -0.132. The molecule has 1 aromatic rings. The van der Waals surface area contributed by atoms with Gasteiger partial charge in [-0.15, -0.1) is 0 Å². The normalized spacial score (nSPS) is 12.9. The number of carboxylic acids is 1. The lowest BCUT2D eigenvalue weighted by Gasteiger charge is -1.97. The number of nitrogens with zero attached hydrogens (tertiary/aromatic N) is 1. The Morgan fingerprint density at radius 2 is 2.29 bits per heavy atom. The van der Waals surface area contributed by atoms with Gasteiger partial charge in [0.2, 0.25) is 0 Å². The highest BCUT2D eigenvalue weighted by molar-refractivity contribution is 5.95. The molecule has 0 radical (unpaired) electrons. The molecule has 3 heteroatoms. The third-order valence-electron chi connectivity index (χ3n) is 2.26. The molecule has 1 aliphatic carbocycles. The van der Waals surface area contributed by atoms with Crippen LogP contribution in [0.1, 0.15) is 16.7 Å². The molecule has 14 heavy (non-hydrogen) atoms. The maximum absolute atomic E-state index is 10.7. The number of benzene rings is 1. The van der Waals surface area contributed by atoms with Crippen molar-refractivity contribution in [1.82, 2.24) is 0 Å².